The van der Waals surface area contributed by atoms with E-state index in [9.17, 15) is 4.79 Å². The Balaban J connectivity index is 1.90. The van der Waals surface area contributed by atoms with Crippen LogP contribution in [-0.4, -0.2) is 5.91 Å². The van der Waals surface area contributed by atoms with Gasteiger partial charge in [-0.3, -0.25) is 4.79 Å². The highest BCUT2D eigenvalue weighted by Gasteiger charge is 2.29. The van der Waals surface area contributed by atoms with E-state index in [-0.39, 0.29) is 5.91 Å². The second kappa shape index (κ2) is 4.41. The predicted molar refractivity (Wildman–Crippen MR) is 65.1 cm³/mol. The summed E-state index contributed by atoms with van der Waals surface area (Å²) in [6.07, 6.45) is 2.35. The maximum Gasteiger partial charge on any atom is 0.273 e. The zero-order chi connectivity index (χ0) is 12.4. The van der Waals surface area contributed by atoms with Crippen LogP contribution in [0.1, 0.15) is 17.4 Å². The molecule has 2 aromatic rings. The molecule has 1 aromatic heterocycles. The molecule has 0 fully saturated rings. The Morgan fingerprint density at radius 2 is 1.89 bits per heavy atom. The summed E-state index contributed by atoms with van der Waals surface area (Å²) >= 11 is 0. The molecule has 18 heavy (non-hydrogen) atoms. The summed E-state index contributed by atoms with van der Waals surface area (Å²) in [7, 11) is 0. The molecule has 1 aromatic carbocycles. The molecule has 1 unspecified atom stereocenters. The minimum Gasteiger partial charge on any atom is -0.470 e. The number of furan rings is 1. The molecular weight excluding hydrogens is 230 g/mol. The normalized spacial score (nSPS) is 18.8. The third-order valence-electron chi connectivity index (χ3n) is 2.69. The van der Waals surface area contributed by atoms with Crippen LogP contribution >= 0.6 is 0 Å². The summed E-state index contributed by atoms with van der Waals surface area (Å²) in [4.78, 5) is 11.7. The smallest absolute Gasteiger partial charge is 0.273 e. The van der Waals surface area contributed by atoms with Crippen LogP contribution in [0.5, 0.6) is 0 Å². The number of amides is 1. The van der Waals surface area contributed by atoms with Crippen molar-refractivity contribution >= 4 is 11.7 Å². The Kier molecular flexibility index (Phi) is 2.61. The lowest BCUT2D eigenvalue weighted by molar-refractivity contribution is -0.130. The first kappa shape index (κ1) is 10.7. The van der Waals surface area contributed by atoms with Gasteiger partial charge in [-0.25, -0.2) is 0 Å². The van der Waals surface area contributed by atoms with Crippen LogP contribution in [-0.2, 0) is 9.53 Å². The predicted octanol–water partition coefficient (Wildman–Crippen LogP) is 2.47. The van der Waals surface area contributed by atoms with Crippen LogP contribution in [0, 0.1) is 0 Å². The van der Waals surface area contributed by atoms with Crippen molar-refractivity contribution in [3.63, 3.8) is 0 Å². The van der Waals surface area contributed by atoms with Gasteiger partial charge in [0.25, 0.3) is 5.91 Å². The highest BCUT2D eigenvalue weighted by molar-refractivity contribution is 5.86. The van der Waals surface area contributed by atoms with Crippen molar-refractivity contribution in [1.82, 2.24) is 5.32 Å². The molecule has 1 amide bonds. The van der Waals surface area contributed by atoms with Gasteiger partial charge in [0.1, 0.15) is 5.76 Å². The van der Waals surface area contributed by atoms with Crippen LogP contribution in [0.25, 0.3) is 5.76 Å². The van der Waals surface area contributed by atoms with Crippen LogP contribution in [0.4, 0.5) is 0 Å². The Bertz CT molecular complexity index is 572. The molecule has 3 rings (SSSR count). The average Bonchev–Trinajstić information content (AvgIpc) is 2.94. The van der Waals surface area contributed by atoms with E-state index in [4.69, 9.17) is 9.15 Å². The fourth-order valence-corrected chi connectivity index (χ4v) is 1.81. The molecule has 0 saturated heterocycles. The third-order valence-corrected chi connectivity index (χ3v) is 2.69. The van der Waals surface area contributed by atoms with Crippen molar-refractivity contribution in [3.05, 3.63) is 66.3 Å². The van der Waals surface area contributed by atoms with Crippen molar-refractivity contribution in [2.75, 3.05) is 0 Å². The Hall–Kier alpha value is -2.49. The summed E-state index contributed by atoms with van der Waals surface area (Å²) < 4.78 is 10.9. The van der Waals surface area contributed by atoms with Gasteiger partial charge >= 0.3 is 0 Å². The van der Waals surface area contributed by atoms with Crippen molar-refractivity contribution in [2.24, 2.45) is 0 Å². The largest absolute Gasteiger partial charge is 0.470 e. The number of nitrogens with one attached hydrogen (secondary N) is 1. The summed E-state index contributed by atoms with van der Waals surface area (Å²) in [5.41, 5.74) is 0.911. The molecule has 0 saturated carbocycles. The quantitative estimate of drug-likeness (QED) is 0.878. The Morgan fingerprint density at radius 3 is 2.61 bits per heavy atom. The van der Waals surface area contributed by atoms with E-state index in [1.807, 2.05) is 30.3 Å². The second-order valence-corrected chi connectivity index (χ2v) is 3.90. The van der Waals surface area contributed by atoms with Gasteiger partial charge in [0.15, 0.2) is 5.76 Å². The molecule has 90 valence electrons. The van der Waals surface area contributed by atoms with Gasteiger partial charge in [-0.05, 0) is 12.1 Å². The molecule has 1 aliphatic rings. The van der Waals surface area contributed by atoms with E-state index < -0.39 is 6.10 Å². The van der Waals surface area contributed by atoms with Gasteiger partial charge in [-0.2, -0.15) is 0 Å². The number of carbonyl (C=O) groups excluding carboxylic acids is 1. The number of hydrogen-bond donors (Lipinski definition) is 1. The average molecular weight is 241 g/mol. The highest BCUT2D eigenvalue weighted by Crippen LogP contribution is 2.28. The standard InChI is InChI=1S/C14H11NO3/c16-14-13(11-7-4-8-17-11)18-12(9-15-14)10-5-2-1-3-6-10/h1-9,13H,(H,15,16). The zero-order valence-electron chi connectivity index (χ0n) is 9.50. The Morgan fingerprint density at radius 1 is 1.06 bits per heavy atom. The summed E-state index contributed by atoms with van der Waals surface area (Å²) in [5.74, 6) is 0.885. The SMILES string of the molecule is O=C1NC=C(c2ccccc2)OC1c1ccco1. The zero-order valence-corrected chi connectivity index (χ0v) is 9.50. The lowest BCUT2D eigenvalue weighted by Gasteiger charge is -2.22. The third kappa shape index (κ3) is 1.88. The molecule has 1 aliphatic heterocycles. The van der Waals surface area contributed by atoms with Gasteiger partial charge in [-0.1, -0.05) is 30.3 Å². The van der Waals surface area contributed by atoms with Gasteiger partial charge in [-0.15, -0.1) is 0 Å². The van der Waals surface area contributed by atoms with Crippen molar-refractivity contribution in [1.29, 1.82) is 0 Å². The van der Waals surface area contributed by atoms with E-state index in [2.05, 4.69) is 5.32 Å². The van der Waals surface area contributed by atoms with E-state index in [1.54, 1.807) is 18.3 Å². The van der Waals surface area contributed by atoms with E-state index in [1.165, 1.54) is 6.26 Å². The maximum atomic E-state index is 11.7. The van der Waals surface area contributed by atoms with Crippen LogP contribution in [0.3, 0.4) is 0 Å². The molecule has 4 nitrogen and oxygen atoms in total. The molecule has 0 bridgehead atoms. The van der Waals surface area contributed by atoms with Crippen molar-refractivity contribution < 1.29 is 13.9 Å². The highest BCUT2D eigenvalue weighted by atomic mass is 16.5. The fourth-order valence-electron chi connectivity index (χ4n) is 1.81. The molecule has 4 heteroatoms. The first-order chi connectivity index (χ1) is 8.84. The van der Waals surface area contributed by atoms with Crippen LogP contribution < -0.4 is 5.32 Å². The minimum absolute atomic E-state index is 0.232. The molecule has 1 N–H and O–H groups in total. The lowest BCUT2D eigenvalue weighted by atomic mass is 10.1. The summed E-state index contributed by atoms with van der Waals surface area (Å²) in [6, 6.07) is 13.0. The summed E-state index contributed by atoms with van der Waals surface area (Å²) in [5, 5.41) is 2.68. The van der Waals surface area contributed by atoms with E-state index in [0.717, 1.165) is 5.56 Å². The van der Waals surface area contributed by atoms with Crippen LogP contribution in [0.15, 0.2) is 59.3 Å². The van der Waals surface area contributed by atoms with Gasteiger partial charge in [0.05, 0.1) is 6.26 Å². The molecule has 0 spiro atoms. The number of ether oxygens (including phenoxy) is 1. The van der Waals surface area contributed by atoms with Crippen molar-refractivity contribution in [3.8, 4) is 0 Å². The molecular formula is C14H11NO3. The first-order valence-electron chi connectivity index (χ1n) is 5.60. The van der Waals surface area contributed by atoms with Gasteiger partial charge in [0, 0.05) is 11.8 Å². The molecule has 0 radical (unpaired) electrons. The summed E-state index contributed by atoms with van der Waals surface area (Å²) in [6.45, 7) is 0. The number of hydrogen-bond acceptors (Lipinski definition) is 3. The Labute approximate surface area is 104 Å². The number of benzene rings is 1. The lowest BCUT2D eigenvalue weighted by Crippen LogP contribution is -2.31. The van der Waals surface area contributed by atoms with Crippen LogP contribution in [0.2, 0.25) is 0 Å². The second-order valence-electron chi connectivity index (χ2n) is 3.90. The van der Waals surface area contributed by atoms with E-state index >= 15 is 0 Å². The van der Waals surface area contributed by atoms with Crippen molar-refractivity contribution in [2.45, 2.75) is 6.10 Å². The topological polar surface area (TPSA) is 51.5 Å². The molecule has 2 heterocycles. The molecule has 1 atom stereocenters. The van der Waals surface area contributed by atoms with Gasteiger partial charge in [0.2, 0.25) is 6.10 Å². The van der Waals surface area contributed by atoms with Gasteiger partial charge < -0.3 is 14.5 Å². The fraction of sp³-hybridized carbons (Fsp3) is 0.0714. The monoisotopic (exact) mass is 241 g/mol. The first-order valence-corrected chi connectivity index (χ1v) is 5.60. The number of carbonyl (C=O) groups is 1. The maximum absolute atomic E-state index is 11.7. The number of rotatable bonds is 2. The van der Waals surface area contributed by atoms with E-state index in [0.29, 0.717) is 11.5 Å². The molecule has 0 aliphatic carbocycles. The minimum atomic E-state index is -0.736.